The lowest BCUT2D eigenvalue weighted by Crippen LogP contribution is -2.38. The lowest BCUT2D eigenvalue weighted by atomic mass is 10.1. The summed E-state index contributed by atoms with van der Waals surface area (Å²) in [5, 5.41) is 0. The Kier molecular flexibility index (Phi) is 6.47. The van der Waals surface area contributed by atoms with Crippen molar-refractivity contribution in [1.29, 1.82) is 0 Å². The Morgan fingerprint density at radius 2 is 1.65 bits per heavy atom. The number of fused-ring (bicyclic) bond motifs is 1. The van der Waals surface area contributed by atoms with Gasteiger partial charge in [0.25, 0.3) is 15.9 Å². The quantitative estimate of drug-likeness (QED) is 0.657. The number of hydrogen-bond donors (Lipinski definition) is 1. The van der Waals surface area contributed by atoms with Crippen LogP contribution in [0.5, 0.6) is 0 Å². The van der Waals surface area contributed by atoms with Crippen LogP contribution in [0, 0.1) is 0 Å². The summed E-state index contributed by atoms with van der Waals surface area (Å²) in [6.07, 6.45) is 0. The van der Waals surface area contributed by atoms with Crippen LogP contribution in [0.4, 0.5) is 0 Å². The molecule has 0 fully saturated rings. The second kappa shape index (κ2) is 8.91. The van der Waals surface area contributed by atoms with E-state index in [0.29, 0.717) is 0 Å². The maximum absolute atomic E-state index is 12.8. The highest BCUT2D eigenvalue weighted by atomic mass is 32.2. The van der Waals surface area contributed by atoms with E-state index in [1.165, 1.54) is 19.2 Å². The summed E-state index contributed by atoms with van der Waals surface area (Å²) >= 11 is 0. The van der Waals surface area contributed by atoms with Crippen LogP contribution < -0.4 is 5.73 Å². The molecule has 1 aliphatic rings. The van der Waals surface area contributed by atoms with Gasteiger partial charge in [0.05, 0.1) is 10.5 Å². The monoisotopic (exact) mass is 443 g/mol. The molecule has 1 amide bonds. The number of esters is 1. The standard InChI is InChI=1S/C22H25N3O5S/c1-4-25(5-2)14-15-10-12-16(13-11-15)22(27)30-20-17-8-6-7-9-18(17)31(28,29)24(3)19(20)21(23)26/h6-13H,4-5,14H2,1-3H3,(H2,23,26). The Morgan fingerprint density at radius 3 is 2.23 bits per heavy atom. The number of amides is 1. The first-order valence-corrected chi connectivity index (χ1v) is 11.3. The van der Waals surface area contributed by atoms with E-state index in [1.807, 2.05) is 12.1 Å². The molecule has 3 rings (SSSR count). The summed E-state index contributed by atoms with van der Waals surface area (Å²) in [5.74, 6) is -1.92. The van der Waals surface area contributed by atoms with Gasteiger partial charge in [-0.15, -0.1) is 0 Å². The summed E-state index contributed by atoms with van der Waals surface area (Å²) in [4.78, 5) is 27.0. The Morgan fingerprint density at radius 1 is 1.03 bits per heavy atom. The number of nitrogens with zero attached hydrogens (tertiary/aromatic N) is 2. The van der Waals surface area contributed by atoms with Crippen molar-refractivity contribution in [3.05, 3.63) is 70.9 Å². The van der Waals surface area contributed by atoms with E-state index in [1.54, 1.807) is 24.3 Å². The number of carbonyl (C=O) groups excluding carboxylic acids is 2. The minimum Gasteiger partial charge on any atom is -0.420 e. The predicted octanol–water partition coefficient (Wildman–Crippen LogP) is 2.17. The van der Waals surface area contributed by atoms with E-state index in [-0.39, 0.29) is 21.8 Å². The van der Waals surface area contributed by atoms with E-state index in [2.05, 4.69) is 18.7 Å². The minimum atomic E-state index is -3.99. The molecule has 0 bridgehead atoms. The smallest absolute Gasteiger partial charge is 0.343 e. The molecule has 1 heterocycles. The summed E-state index contributed by atoms with van der Waals surface area (Å²) < 4.78 is 31.7. The van der Waals surface area contributed by atoms with Gasteiger partial charge in [0.15, 0.2) is 11.5 Å². The van der Waals surface area contributed by atoms with E-state index in [4.69, 9.17) is 10.5 Å². The number of rotatable bonds is 7. The molecule has 164 valence electrons. The van der Waals surface area contributed by atoms with Gasteiger partial charge in [-0.3, -0.25) is 14.0 Å². The summed E-state index contributed by atoms with van der Waals surface area (Å²) in [6.45, 7) is 6.76. The van der Waals surface area contributed by atoms with Crippen molar-refractivity contribution in [2.45, 2.75) is 25.3 Å². The molecule has 0 saturated heterocycles. The van der Waals surface area contributed by atoms with Crippen LogP contribution in [0.3, 0.4) is 0 Å². The zero-order valence-corrected chi connectivity index (χ0v) is 18.5. The third kappa shape index (κ3) is 4.33. The van der Waals surface area contributed by atoms with E-state index in [0.717, 1.165) is 29.5 Å². The lowest BCUT2D eigenvalue weighted by Gasteiger charge is -2.29. The first kappa shape index (κ1) is 22.5. The van der Waals surface area contributed by atoms with Gasteiger partial charge in [-0.2, -0.15) is 0 Å². The number of carbonyl (C=O) groups is 2. The number of likely N-dealkylation sites (N-methyl/N-ethyl adjacent to an activating group) is 1. The fraction of sp³-hybridized carbons (Fsp3) is 0.273. The molecule has 0 radical (unpaired) electrons. The van der Waals surface area contributed by atoms with Gasteiger partial charge in [-0.05, 0) is 42.9 Å². The van der Waals surface area contributed by atoms with Gasteiger partial charge in [-0.25, -0.2) is 13.2 Å². The average molecular weight is 444 g/mol. The molecule has 2 N–H and O–H groups in total. The fourth-order valence-electron chi connectivity index (χ4n) is 3.39. The third-order valence-corrected chi connectivity index (χ3v) is 7.03. The molecule has 2 aromatic rings. The minimum absolute atomic E-state index is 0.0696. The van der Waals surface area contributed by atoms with Crippen molar-refractivity contribution in [3.8, 4) is 0 Å². The Bertz CT molecular complexity index is 1140. The molecule has 0 atom stereocenters. The number of hydrogen-bond acceptors (Lipinski definition) is 6. The SMILES string of the molecule is CCN(CC)Cc1ccc(C(=O)OC2=C(C(N)=O)N(C)S(=O)(=O)c3ccccc32)cc1. The molecular formula is C22H25N3O5S. The van der Waals surface area contributed by atoms with Crippen LogP contribution in [0.25, 0.3) is 5.76 Å². The average Bonchev–Trinajstić information content (AvgIpc) is 2.76. The topological polar surface area (TPSA) is 110 Å². The van der Waals surface area contributed by atoms with Crippen molar-refractivity contribution in [2.75, 3.05) is 20.1 Å². The van der Waals surface area contributed by atoms with Gasteiger partial charge in [0, 0.05) is 19.2 Å². The molecule has 0 aromatic heterocycles. The van der Waals surface area contributed by atoms with Gasteiger partial charge >= 0.3 is 5.97 Å². The van der Waals surface area contributed by atoms with E-state index >= 15 is 0 Å². The number of benzene rings is 2. The summed E-state index contributed by atoms with van der Waals surface area (Å²) in [6, 6.07) is 12.9. The van der Waals surface area contributed by atoms with Crippen molar-refractivity contribution < 1.29 is 22.7 Å². The first-order chi connectivity index (χ1) is 14.7. The number of primary amides is 1. The van der Waals surface area contributed by atoms with Crippen molar-refractivity contribution in [1.82, 2.24) is 9.21 Å². The second-order valence-electron chi connectivity index (χ2n) is 7.06. The fourth-order valence-corrected chi connectivity index (χ4v) is 4.79. The van der Waals surface area contributed by atoms with Crippen LogP contribution in [-0.2, 0) is 26.1 Å². The van der Waals surface area contributed by atoms with Gasteiger partial charge in [0.1, 0.15) is 0 Å². The third-order valence-electron chi connectivity index (χ3n) is 5.22. The van der Waals surface area contributed by atoms with Crippen molar-refractivity contribution in [3.63, 3.8) is 0 Å². The highest BCUT2D eigenvalue weighted by Gasteiger charge is 2.38. The highest BCUT2D eigenvalue weighted by molar-refractivity contribution is 7.89. The second-order valence-corrected chi connectivity index (χ2v) is 9.00. The summed E-state index contributed by atoms with van der Waals surface area (Å²) in [7, 11) is -2.80. The molecule has 0 aliphatic carbocycles. The van der Waals surface area contributed by atoms with Crippen LogP contribution in [0.1, 0.15) is 35.3 Å². The molecule has 8 nitrogen and oxygen atoms in total. The van der Waals surface area contributed by atoms with Crippen LogP contribution >= 0.6 is 0 Å². The summed E-state index contributed by atoms with van der Waals surface area (Å²) in [5.41, 5.74) is 6.47. The van der Waals surface area contributed by atoms with E-state index in [9.17, 15) is 18.0 Å². The van der Waals surface area contributed by atoms with Gasteiger partial charge < -0.3 is 10.5 Å². The predicted molar refractivity (Wildman–Crippen MR) is 116 cm³/mol. The number of ether oxygens (including phenoxy) is 1. The lowest BCUT2D eigenvalue weighted by molar-refractivity contribution is -0.115. The van der Waals surface area contributed by atoms with E-state index < -0.39 is 27.6 Å². The molecule has 2 aromatic carbocycles. The van der Waals surface area contributed by atoms with Crippen LogP contribution in [0.2, 0.25) is 0 Å². The zero-order valence-electron chi connectivity index (χ0n) is 17.7. The van der Waals surface area contributed by atoms with Crippen LogP contribution in [-0.4, -0.2) is 49.6 Å². The highest BCUT2D eigenvalue weighted by Crippen LogP contribution is 2.36. The molecule has 0 spiro atoms. The van der Waals surface area contributed by atoms with Crippen LogP contribution in [0.15, 0.2) is 59.1 Å². The Balaban J connectivity index is 1.95. The van der Waals surface area contributed by atoms with Gasteiger partial charge in [0.2, 0.25) is 0 Å². The zero-order chi connectivity index (χ0) is 22.8. The Hall–Kier alpha value is -3.17. The number of sulfonamides is 1. The Labute approximate surface area is 181 Å². The molecule has 0 unspecified atom stereocenters. The van der Waals surface area contributed by atoms with Crippen molar-refractivity contribution >= 4 is 27.7 Å². The molecule has 1 aliphatic heterocycles. The largest absolute Gasteiger partial charge is 0.420 e. The molecule has 9 heteroatoms. The number of nitrogens with two attached hydrogens (primary N) is 1. The molecule has 31 heavy (non-hydrogen) atoms. The maximum atomic E-state index is 12.8. The van der Waals surface area contributed by atoms with Gasteiger partial charge in [-0.1, -0.05) is 38.1 Å². The maximum Gasteiger partial charge on any atom is 0.343 e. The normalized spacial score (nSPS) is 15.0. The first-order valence-electron chi connectivity index (χ1n) is 9.86. The van der Waals surface area contributed by atoms with Crippen molar-refractivity contribution in [2.24, 2.45) is 5.73 Å². The molecule has 0 saturated carbocycles. The molecular weight excluding hydrogens is 418 g/mol.